The minimum Gasteiger partial charge on any atom is -0.486 e. The maximum atomic E-state index is 12.6. The van der Waals surface area contributed by atoms with Crippen LogP contribution in [0, 0.1) is 0 Å². The summed E-state index contributed by atoms with van der Waals surface area (Å²) in [6, 6.07) is 12.8. The number of rotatable bonds is 4. The number of amides is 1. The molecule has 0 radical (unpaired) electrons. The maximum Gasteiger partial charge on any atom is 0.244 e. The molecule has 0 fully saturated rings. The summed E-state index contributed by atoms with van der Waals surface area (Å²) in [5.41, 5.74) is 2.18. The molecule has 26 heavy (non-hydrogen) atoms. The Kier molecular flexibility index (Phi) is 4.22. The van der Waals surface area contributed by atoms with E-state index in [0.29, 0.717) is 36.2 Å². The minimum atomic E-state index is -0.774. The van der Waals surface area contributed by atoms with Crippen molar-refractivity contribution >= 4 is 22.6 Å². The van der Waals surface area contributed by atoms with Crippen LogP contribution in [0.25, 0.3) is 11.0 Å². The Bertz CT molecular complexity index is 965. The van der Waals surface area contributed by atoms with Crippen LogP contribution in [0.2, 0.25) is 0 Å². The molecule has 1 aromatic heterocycles. The number of para-hydroxylation sites is 2. The third-order valence-corrected chi connectivity index (χ3v) is 4.19. The summed E-state index contributed by atoms with van der Waals surface area (Å²) in [5.74, 6) is 1.54. The Balaban J connectivity index is 1.57. The summed E-state index contributed by atoms with van der Waals surface area (Å²) in [7, 11) is 0. The highest BCUT2D eigenvalue weighted by Gasteiger charge is 2.18. The van der Waals surface area contributed by atoms with Crippen molar-refractivity contribution < 1.29 is 19.4 Å². The van der Waals surface area contributed by atoms with E-state index in [1.807, 2.05) is 24.3 Å². The van der Waals surface area contributed by atoms with Gasteiger partial charge in [0.1, 0.15) is 31.7 Å². The highest BCUT2D eigenvalue weighted by atomic mass is 16.6. The molecule has 0 bridgehead atoms. The number of benzene rings is 2. The SMILES string of the molecule is C[C@H](O)c1nc2ccccc2n1CC(=O)Nc1ccc2c(c1)OCCO2. The quantitative estimate of drug-likeness (QED) is 0.753. The van der Waals surface area contributed by atoms with Crippen LogP contribution in [0.1, 0.15) is 18.9 Å². The fraction of sp³-hybridized carbons (Fsp3) is 0.263. The number of hydrogen-bond donors (Lipinski definition) is 2. The van der Waals surface area contributed by atoms with Gasteiger partial charge in [0.15, 0.2) is 11.5 Å². The molecule has 0 saturated carbocycles. The smallest absolute Gasteiger partial charge is 0.244 e. The molecule has 2 heterocycles. The Morgan fingerprint density at radius 1 is 1.23 bits per heavy atom. The molecule has 1 amide bonds. The van der Waals surface area contributed by atoms with E-state index in [0.717, 1.165) is 11.0 Å². The average molecular weight is 353 g/mol. The minimum absolute atomic E-state index is 0.0508. The van der Waals surface area contributed by atoms with Crippen LogP contribution in [0.4, 0.5) is 5.69 Å². The second-order valence-electron chi connectivity index (χ2n) is 6.13. The van der Waals surface area contributed by atoms with Gasteiger partial charge in [0.05, 0.1) is 11.0 Å². The fourth-order valence-corrected chi connectivity index (χ4v) is 3.04. The van der Waals surface area contributed by atoms with Crippen LogP contribution in [0.3, 0.4) is 0 Å². The molecule has 4 rings (SSSR count). The van der Waals surface area contributed by atoms with Crippen LogP contribution in [-0.4, -0.2) is 33.8 Å². The molecular weight excluding hydrogens is 334 g/mol. The summed E-state index contributed by atoms with van der Waals surface area (Å²) >= 11 is 0. The predicted molar refractivity (Wildman–Crippen MR) is 96.4 cm³/mol. The van der Waals surface area contributed by atoms with Crippen molar-refractivity contribution in [2.45, 2.75) is 19.6 Å². The van der Waals surface area contributed by atoms with E-state index in [2.05, 4.69) is 10.3 Å². The van der Waals surface area contributed by atoms with E-state index in [4.69, 9.17) is 9.47 Å². The number of ether oxygens (including phenoxy) is 2. The first-order valence-corrected chi connectivity index (χ1v) is 8.44. The zero-order valence-electron chi connectivity index (χ0n) is 14.3. The predicted octanol–water partition coefficient (Wildman–Crippen LogP) is 2.50. The van der Waals surface area contributed by atoms with E-state index in [9.17, 15) is 9.90 Å². The Morgan fingerprint density at radius 2 is 2.00 bits per heavy atom. The molecule has 0 aliphatic carbocycles. The van der Waals surface area contributed by atoms with Crippen LogP contribution in [0.5, 0.6) is 11.5 Å². The molecule has 7 nitrogen and oxygen atoms in total. The van der Waals surface area contributed by atoms with E-state index in [1.54, 1.807) is 29.7 Å². The Morgan fingerprint density at radius 3 is 2.81 bits per heavy atom. The van der Waals surface area contributed by atoms with Crippen molar-refractivity contribution in [3.05, 3.63) is 48.3 Å². The van der Waals surface area contributed by atoms with Gasteiger partial charge in [0, 0.05) is 11.8 Å². The molecule has 0 spiro atoms. The highest BCUT2D eigenvalue weighted by Crippen LogP contribution is 2.32. The summed E-state index contributed by atoms with van der Waals surface area (Å²) in [5, 5.41) is 12.9. The average Bonchev–Trinajstić information content (AvgIpc) is 3.00. The third-order valence-electron chi connectivity index (χ3n) is 4.19. The summed E-state index contributed by atoms with van der Waals surface area (Å²) < 4.78 is 12.7. The van der Waals surface area contributed by atoms with Gasteiger partial charge >= 0.3 is 0 Å². The van der Waals surface area contributed by atoms with Crippen molar-refractivity contribution in [3.8, 4) is 11.5 Å². The lowest BCUT2D eigenvalue weighted by Crippen LogP contribution is -2.21. The van der Waals surface area contributed by atoms with E-state index >= 15 is 0 Å². The highest BCUT2D eigenvalue weighted by molar-refractivity contribution is 5.92. The largest absolute Gasteiger partial charge is 0.486 e. The molecule has 3 aromatic rings. The molecule has 2 aromatic carbocycles. The van der Waals surface area contributed by atoms with Gasteiger partial charge in [-0.3, -0.25) is 4.79 Å². The lowest BCUT2D eigenvalue weighted by atomic mass is 10.2. The third kappa shape index (κ3) is 3.09. The van der Waals surface area contributed by atoms with Gasteiger partial charge in [0.25, 0.3) is 0 Å². The van der Waals surface area contributed by atoms with E-state index < -0.39 is 6.10 Å². The first-order chi connectivity index (χ1) is 12.6. The lowest BCUT2D eigenvalue weighted by Gasteiger charge is -2.19. The van der Waals surface area contributed by atoms with Crippen LogP contribution < -0.4 is 14.8 Å². The van der Waals surface area contributed by atoms with Crippen LogP contribution in [-0.2, 0) is 11.3 Å². The lowest BCUT2D eigenvalue weighted by molar-refractivity contribution is -0.116. The number of aromatic nitrogens is 2. The number of aliphatic hydroxyl groups excluding tert-OH is 1. The standard InChI is InChI=1S/C19H19N3O4/c1-12(23)19-21-14-4-2-3-5-15(14)22(19)11-18(24)20-13-6-7-16-17(10-13)26-9-8-25-16/h2-7,10,12,23H,8-9,11H2,1H3,(H,20,24)/t12-/m0/s1. The van der Waals surface area contributed by atoms with E-state index in [1.165, 1.54) is 0 Å². The van der Waals surface area contributed by atoms with Gasteiger partial charge in [0.2, 0.25) is 5.91 Å². The number of fused-ring (bicyclic) bond motifs is 2. The van der Waals surface area contributed by atoms with Gasteiger partial charge in [-0.2, -0.15) is 0 Å². The molecule has 1 aliphatic rings. The number of carbonyl (C=O) groups is 1. The molecule has 7 heteroatoms. The van der Waals surface area contributed by atoms with Crippen LogP contribution >= 0.6 is 0 Å². The normalized spacial score (nSPS) is 14.2. The Labute approximate surface area is 150 Å². The van der Waals surface area contributed by atoms with E-state index in [-0.39, 0.29) is 12.5 Å². The number of aliphatic hydroxyl groups is 1. The number of imidazole rings is 1. The summed E-state index contributed by atoms with van der Waals surface area (Å²) in [4.78, 5) is 17.0. The van der Waals surface area contributed by atoms with Crippen molar-refractivity contribution in [2.24, 2.45) is 0 Å². The molecule has 1 aliphatic heterocycles. The van der Waals surface area contributed by atoms with Crippen molar-refractivity contribution in [3.63, 3.8) is 0 Å². The second kappa shape index (κ2) is 6.68. The number of hydrogen-bond acceptors (Lipinski definition) is 5. The maximum absolute atomic E-state index is 12.6. The first kappa shape index (κ1) is 16.4. The topological polar surface area (TPSA) is 85.6 Å². The summed E-state index contributed by atoms with van der Waals surface area (Å²) in [6.45, 7) is 2.70. The number of nitrogens with zero attached hydrogens (tertiary/aromatic N) is 2. The van der Waals surface area contributed by atoms with Gasteiger partial charge in [-0.25, -0.2) is 4.98 Å². The van der Waals surface area contributed by atoms with Gasteiger partial charge < -0.3 is 24.5 Å². The molecule has 0 saturated heterocycles. The van der Waals surface area contributed by atoms with Crippen molar-refractivity contribution in [1.29, 1.82) is 0 Å². The fourth-order valence-electron chi connectivity index (χ4n) is 3.04. The molecular formula is C19H19N3O4. The molecule has 1 atom stereocenters. The first-order valence-electron chi connectivity index (χ1n) is 8.44. The number of nitrogens with one attached hydrogen (secondary N) is 1. The number of carbonyl (C=O) groups excluding carboxylic acids is 1. The molecule has 134 valence electrons. The van der Waals surface area contributed by atoms with Gasteiger partial charge in [-0.05, 0) is 31.2 Å². The Hall–Kier alpha value is -3.06. The zero-order valence-corrected chi connectivity index (χ0v) is 14.3. The molecule has 2 N–H and O–H groups in total. The number of anilines is 1. The van der Waals surface area contributed by atoms with Gasteiger partial charge in [-0.15, -0.1) is 0 Å². The van der Waals surface area contributed by atoms with Crippen LogP contribution in [0.15, 0.2) is 42.5 Å². The zero-order chi connectivity index (χ0) is 18.1. The monoisotopic (exact) mass is 353 g/mol. The molecule has 0 unspecified atom stereocenters. The second-order valence-corrected chi connectivity index (χ2v) is 6.13. The summed E-state index contributed by atoms with van der Waals surface area (Å²) in [6.07, 6.45) is -0.774. The van der Waals surface area contributed by atoms with Gasteiger partial charge in [-0.1, -0.05) is 12.1 Å². The van der Waals surface area contributed by atoms with Crippen molar-refractivity contribution in [1.82, 2.24) is 9.55 Å². The van der Waals surface area contributed by atoms with Crippen molar-refractivity contribution in [2.75, 3.05) is 18.5 Å².